The van der Waals surface area contributed by atoms with Crippen LogP contribution < -0.4 is 5.73 Å². The van der Waals surface area contributed by atoms with Gasteiger partial charge in [0.15, 0.2) is 0 Å². The Morgan fingerprint density at radius 2 is 1.61 bits per heavy atom. The molecule has 0 fully saturated rings. The van der Waals surface area contributed by atoms with Crippen LogP contribution >= 0.6 is 0 Å². The Bertz CT molecular complexity index is 464. The Morgan fingerprint density at radius 3 is 2.22 bits per heavy atom. The molecule has 2 rings (SSSR count). The fraction of sp³-hybridized carbons (Fsp3) is 0.250. The van der Waals surface area contributed by atoms with E-state index in [1.807, 2.05) is 30.3 Å². The van der Waals surface area contributed by atoms with E-state index in [2.05, 4.69) is 12.1 Å². The molecule has 0 unspecified atom stereocenters. The van der Waals surface area contributed by atoms with Crippen LogP contribution in [0.15, 0.2) is 54.6 Å². The van der Waals surface area contributed by atoms with Gasteiger partial charge in [0.2, 0.25) is 0 Å². The minimum absolute atomic E-state index is 0.190. The van der Waals surface area contributed by atoms with E-state index in [0.717, 1.165) is 18.4 Å². The maximum atomic E-state index is 12.9. The van der Waals surface area contributed by atoms with Crippen LogP contribution in [0.1, 0.15) is 23.5 Å². The van der Waals surface area contributed by atoms with Crippen molar-refractivity contribution in [3.05, 3.63) is 71.5 Å². The summed E-state index contributed by atoms with van der Waals surface area (Å²) in [6.07, 6.45) is 1.87. The molecule has 0 spiro atoms. The fourth-order valence-corrected chi connectivity index (χ4v) is 2.22. The van der Waals surface area contributed by atoms with Crippen LogP contribution in [0.4, 0.5) is 4.39 Å². The predicted octanol–water partition coefficient (Wildman–Crippen LogP) is 3.50. The zero-order valence-electron chi connectivity index (χ0n) is 10.4. The van der Waals surface area contributed by atoms with Crippen molar-refractivity contribution in [2.75, 3.05) is 6.54 Å². The lowest BCUT2D eigenvalue weighted by atomic mass is 9.89. The summed E-state index contributed by atoms with van der Waals surface area (Å²) in [5.74, 6) is 0.169. The van der Waals surface area contributed by atoms with Gasteiger partial charge in [-0.05, 0) is 48.6 Å². The molecule has 2 aromatic rings. The summed E-state index contributed by atoms with van der Waals surface area (Å²) >= 11 is 0. The lowest BCUT2D eigenvalue weighted by Crippen LogP contribution is -2.10. The Kier molecular flexibility index (Phi) is 4.48. The molecule has 1 nitrogen and oxygen atoms in total. The van der Waals surface area contributed by atoms with E-state index in [1.165, 1.54) is 17.7 Å². The van der Waals surface area contributed by atoms with Crippen molar-refractivity contribution in [3.63, 3.8) is 0 Å². The van der Waals surface area contributed by atoms with Crippen molar-refractivity contribution in [2.45, 2.75) is 18.8 Å². The van der Waals surface area contributed by atoms with E-state index in [9.17, 15) is 4.39 Å². The van der Waals surface area contributed by atoms with E-state index in [0.29, 0.717) is 12.5 Å². The first kappa shape index (κ1) is 12.8. The molecule has 94 valence electrons. The van der Waals surface area contributed by atoms with Crippen LogP contribution in [0, 0.1) is 5.82 Å². The van der Waals surface area contributed by atoms with Crippen molar-refractivity contribution in [3.8, 4) is 0 Å². The van der Waals surface area contributed by atoms with Gasteiger partial charge in [-0.1, -0.05) is 42.5 Å². The summed E-state index contributed by atoms with van der Waals surface area (Å²) in [5.41, 5.74) is 8.13. The molecule has 0 saturated carbocycles. The molecule has 1 atom stereocenters. The summed E-state index contributed by atoms with van der Waals surface area (Å²) in [7, 11) is 0. The van der Waals surface area contributed by atoms with E-state index >= 15 is 0 Å². The minimum atomic E-state index is -0.190. The molecule has 0 saturated heterocycles. The number of halogens is 1. The second-order valence-corrected chi connectivity index (χ2v) is 4.52. The molecule has 0 amide bonds. The first-order valence-corrected chi connectivity index (χ1v) is 6.29. The van der Waals surface area contributed by atoms with Crippen molar-refractivity contribution in [1.82, 2.24) is 0 Å². The molecule has 2 heteroatoms. The van der Waals surface area contributed by atoms with Crippen molar-refractivity contribution >= 4 is 0 Å². The lowest BCUT2D eigenvalue weighted by molar-refractivity contribution is 0.612. The second-order valence-electron chi connectivity index (χ2n) is 4.52. The average Bonchev–Trinajstić information content (AvgIpc) is 2.40. The summed E-state index contributed by atoms with van der Waals surface area (Å²) in [5, 5.41) is 0. The zero-order chi connectivity index (χ0) is 12.8. The van der Waals surface area contributed by atoms with Gasteiger partial charge >= 0.3 is 0 Å². The Labute approximate surface area is 107 Å². The zero-order valence-corrected chi connectivity index (χ0v) is 10.4. The Hall–Kier alpha value is -1.67. The third-order valence-electron chi connectivity index (χ3n) is 3.18. The molecular formula is C16H18FN. The molecule has 0 radical (unpaired) electrons. The number of nitrogens with two attached hydrogens (primary N) is 1. The number of rotatable bonds is 5. The largest absolute Gasteiger partial charge is 0.330 e. The van der Waals surface area contributed by atoms with E-state index in [4.69, 9.17) is 5.73 Å². The summed E-state index contributed by atoms with van der Waals surface area (Å²) in [6.45, 7) is 0.648. The summed E-state index contributed by atoms with van der Waals surface area (Å²) in [6, 6.07) is 17.1. The lowest BCUT2D eigenvalue weighted by Gasteiger charge is -2.16. The summed E-state index contributed by atoms with van der Waals surface area (Å²) in [4.78, 5) is 0. The molecule has 0 aliphatic carbocycles. The van der Waals surface area contributed by atoms with Crippen LogP contribution in [0.25, 0.3) is 0 Å². The third kappa shape index (κ3) is 3.41. The molecule has 0 aliphatic heterocycles. The SMILES string of the molecule is NCC[C@@H](Cc1ccccc1)c1ccc(F)cc1. The molecule has 0 aliphatic rings. The van der Waals surface area contributed by atoms with Gasteiger partial charge in [0, 0.05) is 0 Å². The number of hydrogen-bond donors (Lipinski definition) is 1. The van der Waals surface area contributed by atoms with Gasteiger partial charge in [0.05, 0.1) is 0 Å². The molecule has 18 heavy (non-hydrogen) atoms. The van der Waals surface area contributed by atoms with E-state index in [1.54, 1.807) is 0 Å². The van der Waals surface area contributed by atoms with Crippen LogP contribution in [0.3, 0.4) is 0 Å². The van der Waals surface area contributed by atoms with Gasteiger partial charge in [-0.15, -0.1) is 0 Å². The standard InChI is InChI=1S/C16H18FN/c17-16-8-6-14(7-9-16)15(10-11-18)12-13-4-2-1-3-5-13/h1-9,15H,10-12,18H2/t15-/m0/s1. The predicted molar refractivity (Wildman–Crippen MR) is 73.0 cm³/mol. The van der Waals surface area contributed by atoms with Gasteiger partial charge in [-0.2, -0.15) is 0 Å². The van der Waals surface area contributed by atoms with Crippen molar-refractivity contribution < 1.29 is 4.39 Å². The highest BCUT2D eigenvalue weighted by atomic mass is 19.1. The maximum Gasteiger partial charge on any atom is 0.123 e. The molecular weight excluding hydrogens is 225 g/mol. The smallest absolute Gasteiger partial charge is 0.123 e. The Balaban J connectivity index is 2.15. The quantitative estimate of drug-likeness (QED) is 0.854. The van der Waals surface area contributed by atoms with E-state index < -0.39 is 0 Å². The van der Waals surface area contributed by atoms with Gasteiger partial charge in [-0.25, -0.2) is 4.39 Å². The third-order valence-corrected chi connectivity index (χ3v) is 3.18. The van der Waals surface area contributed by atoms with Gasteiger partial charge in [-0.3, -0.25) is 0 Å². The van der Waals surface area contributed by atoms with Crippen molar-refractivity contribution in [1.29, 1.82) is 0 Å². The van der Waals surface area contributed by atoms with Gasteiger partial charge in [0.1, 0.15) is 5.82 Å². The molecule has 0 aromatic heterocycles. The van der Waals surface area contributed by atoms with Crippen LogP contribution in [0.2, 0.25) is 0 Å². The fourth-order valence-electron chi connectivity index (χ4n) is 2.22. The number of benzene rings is 2. The van der Waals surface area contributed by atoms with Crippen LogP contribution in [-0.4, -0.2) is 6.54 Å². The van der Waals surface area contributed by atoms with Gasteiger partial charge in [0.25, 0.3) is 0 Å². The normalized spacial score (nSPS) is 12.3. The highest BCUT2D eigenvalue weighted by molar-refractivity contribution is 5.24. The maximum absolute atomic E-state index is 12.9. The van der Waals surface area contributed by atoms with Crippen molar-refractivity contribution in [2.24, 2.45) is 5.73 Å². The van der Waals surface area contributed by atoms with Crippen LogP contribution in [0.5, 0.6) is 0 Å². The Morgan fingerprint density at radius 1 is 0.944 bits per heavy atom. The first-order valence-electron chi connectivity index (χ1n) is 6.29. The highest BCUT2D eigenvalue weighted by Gasteiger charge is 2.11. The summed E-state index contributed by atoms with van der Waals surface area (Å²) < 4.78 is 12.9. The second kappa shape index (κ2) is 6.31. The number of hydrogen-bond acceptors (Lipinski definition) is 1. The highest BCUT2D eigenvalue weighted by Crippen LogP contribution is 2.24. The average molecular weight is 243 g/mol. The first-order chi connectivity index (χ1) is 8.79. The molecule has 0 bridgehead atoms. The monoisotopic (exact) mass is 243 g/mol. The minimum Gasteiger partial charge on any atom is -0.330 e. The topological polar surface area (TPSA) is 26.0 Å². The van der Waals surface area contributed by atoms with E-state index in [-0.39, 0.29) is 5.82 Å². The molecule has 0 heterocycles. The molecule has 2 N–H and O–H groups in total. The molecule has 2 aromatic carbocycles. The van der Waals surface area contributed by atoms with Gasteiger partial charge < -0.3 is 5.73 Å². The van der Waals surface area contributed by atoms with Crippen LogP contribution in [-0.2, 0) is 6.42 Å².